The Morgan fingerprint density at radius 1 is 1.00 bits per heavy atom. The van der Waals surface area contributed by atoms with E-state index >= 15 is 0 Å². The molecule has 0 aliphatic carbocycles. The van der Waals surface area contributed by atoms with Crippen molar-refractivity contribution in [1.82, 2.24) is 4.90 Å². The van der Waals surface area contributed by atoms with Crippen molar-refractivity contribution in [2.45, 2.75) is 32.4 Å². The Morgan fingerprint density at radius 3 is 2.12 bits per heavy atom. The largest absolute Gasteiger partial charge is 0.469 e. The SMILES string of the molecule is CCC(CC(=O)OC)N(Cc1ccccc1)C(=O)c1ccccc1. The van der Waals surface area contributed by atoms with E-state index in [4.69, 9.17) is 4.74 Å². The molecule has 0 saturated heterocycles. The van der Waals surface area contributed by atoms with Gasteiger partial charge in [-0.1, -0.05) is 55.5 Å². The first-order valence-electron chi connectivity index (χ1n) is 8.12. The Labute approximate surface area is 143 Å². The number of carbonyl (C=O) groups is 2. The van der Waals surface area contributed by atoms with E-state index in [0.29, 0.717) is 18.5 Å². The third-order valence-electron chi connectivity index (χ3n) is 4.02. The number of hydrogen-bond donors (Lipinski definition) is 0. The summed E-state index contributed by atoms with van der Waals surface area (Å²) in [6.45, 7) is 2.44. The topological polar surface area (TPSA) is 46.6 Å². The zero-order valence-electron chi connectivity index (χ0n) is 14.1. The van der Waals surface area contributed by atoms with Gasteiger partial charge < -0.3 is 9.64 Å². The Hall–Kier alpha value is -2.62. The lowest BCUT2D eigenvalue weighted by molar-refractivity contribution is -0.141. The summed E-state index contributed by atoms with van der Waals surface area (Å²) in [7, 11) is 1.37. The summed E-state index contributed by atoms with van der Waals surface area (Å²) < 4.78 is 4.79. The number of hydrogen-bond acceptors (Lipinski definition) is 3. The van der Waals surface area contributed by atoms with Crippen molar-refractivity contribution in [1.29, 1.82) is 0 Å². The van der Waals surface area contributed by atoms with Gasteiger partial charge in [-0.25, -0.2) is 0 Å². The van der Waals surface area contributed by atoms with Crippen LogP contribution in [-0.2, 0) is 16.1 Å². The third-order valence-corrected chi connectivity index (χ3v) is 4.02. The van der Waals surface area contributed by atoms with Crippen molar-refractivity contribution in [3.8, 4) is 0 Å². The summed E-state index contributed by atoms with van der Waals surface area (Å²) in [5, 5.41) is 0. The van der Waals surface area contributed by atoms with E-state index in [9.17, 15) is 9.59 Å². The molecule has 0 N–H and O–H groups in total. The fraction of sp³-hybridized carbons (Fsp3) is 0.300. The van der Waals surface area contributed by atoms with Crippen LogP contribution >= 0.6 is 0 Å². The second-order valence-electron chi connectivity index (χ2n) is 5.63. The standard InChI is InChI=1S/C20H23NO3/c1-3-18(14-19(22)24-2)21(15-16-10-6-4-7-11-16)20(23)17-12-8-5-9-13-17/h4-13,18H,3,14-15H2,1-2H3. The maximum Gasteiger partial charge on any atom is 0.307 e. The molecule has 0 aliphatic rings. The molecule has 0 fully saturated rings. The third kappa shape index (κ3) is 4.69. The normalized spacial score (nSPS) is 11.6. The first-order valence-corrected chi connectivity index (χ1v) is 8.12. The van der Waals surface area contributed by atoms with Gasteiger partial charge in [0.05, 0.1) is 13.5 Å². The molecule has 0 heterocycles. The Bertz CT molecular complexity index is 655. The predicted molar refractivity (Wildman–Crippen MR) is 93.5 cm³/mol. The highest BCUT2D eigenvalue weighted by Crippen LogP contribution is 2.18. The highest BCUT2D eigenvalue weighted by molar-refractivity contribution is 5.94. The van der Waals surface area contributed by atoms with Gasteiger partial charge in [0.1, 0.15) is 0 Å². The minimum absolute atomic E-state index is 0.0739. The minimum atomic E-state index is -0.305. The van der Waals surface area contributed by atoms with Gasteiger partial charge in [0.15, 0.2) is 0 Å². The van der Waals surface area contributed by atoms with Crippen LogP contribution in [0.25, 0.3) is 0 Å². The summed E-state index contributed by atoms with van der Waals surface area (Å²) in [6, 6.07) is 18.8. The monoisotopic (exact) mass is 325 g/mol. The van der Waals surface area contributed by atoms with Crippen molar-refractivity contribution in [2.24, 2.45) is 0 Å². The van der Waals surface area contributed by atoms with Crippen molar-refractivity contribution >= 4 is 11.9 Å². The second-order valence-corrected chi connectivity index (χ2v) is 5.63. The van der Waals surface area contributed by atoms with Crippen LogP contribution in [0, 0.1) is 0 Å². The lowest BCUT2D eigenvalue weighted by Crippen LogP contribution is -2.41. The number of carbonyl (C=O) groups excluding carboxylic acids is 2. The van der Waals surface area contributed by atoms with Crippen LogP contribution < -0.4 is 0 Å². The van der Waals surface area contributed by atoms with Crippen LogP contribution in [0.4, 0.5) is 0 Å². The minimum Gasteiger partial charge on any atom is -0.469 e. The molecule has 4 nitrogen and oxygen atoms in total. The zero-order chi connectivity index (χ0) is 17.4. The van der Waals surface area contributed by atoms with Crippen LogP contribution in [0.3, 0.4) is 0 Å². The second kappa shape index (κ2) is 8.87. The molecule has 2 aromatic carbocycles. The predicted octanol–water partition coefficient (Wildman–Crippen LogP) is 3.67. The molecule has 0 spiro atoms. The van der Waals surface area contributed by atoms with E-state index < -0.39 is 0 Å². The van der Waals surface area contributed by atoms with Crippen LogP contribution in [0.15, 0.2) is 60.7 Å². The molecule has 2 aromatic rings. The fourth-order valence-electron chi connectivity index (χ4n) is 2.64. The summed E-state index contributed by atoms with van der Waals surface area (Å²) in [4.78, 5) is 26.5. The molecule has 1 atom stereocenters. The van der Waals surface area contributed by atoms with E-state index in [1.54, 1.807) is 17.0 Å². The average molecular weight is 325 g/mol. The highest BCUT2D eigenvalue weighted by Gasteiger charge is 2.26. The molecule has 24 heavy (non-hydrogen) atoms. The number of ether oxygens (including phenoxy) is 1. The van der Waals surface area contributed by atoms with Gasteiger partial charge in [-0.15, -0.1) is 0 Å². The summed E-state index contributed by atoms with van der Waals surface area (Å²) in [6.07, 6.45) is 0.874. The van der Waals surface area contributed by atoms with Gasteiger partial charge in [0.25, 0.3) is 5.91 Å². The van der Waals surface area contributed by atoms with Crippen LogP contribution in [0.2, 0.25) is 0 Å². The number of amides is 1. The molecule has 0 aliphatic heterocycles. The van der Waals surface area contributed by atoms with E-state index in [1.807, 2.05) is 55.5 Å². The number of methoxy groups -OCH3 is 1. The average Bonchev–Trinajstić information content (AvgIpc) is 2.65. The van der Waals surface area contributed by atoms with E-state index in [1.165, 1.54) is 7.11 Å². The molecule has 0 bridgehead atoms. The first-order chi connectivity index (χ1) is 11.7. The van der Waals surface area contributed by atoms with Crippen molar-refractivity contribution < 1.29 is 14.3 Å². The molecule has 2 rings (SSSR count). The summed E-state index contributed by atoms with van der Waals surface area (Å²) >= 11 is 0. The fourth-order valence-corrected chi connectivity index (χ4v) is 2.64. The number of rotatable bonds is 7. The van der Waals surface area contributed by atoms with Gasteiger partial charge >= 0.3 is 5.97 Å². The quantitative estimate of drug-likeness (QED) is 0.730. The van der Waals surface area contributed by atoms with Crippen molar-refractivity contribution in [2.75, 3.05) is 7.11 Å². The van der Waals surface area contributed by atoms with Crippen LogP contribution in [0.5, 0.6) is 0 Å². The van der Waals surface area contributed by atoms with Gasteiger partial charge in [0.2, 0.25) is 0 Å². The molecule has 126 valence electrons. The molecule has 0 aromatic heterocycles. The molecule has 1 amide bonds. The van der Waals surface area contributed by atoms with Crippen LogP contribution in [-0.4, -0.2) is 29.9 Å². The number of esters is 1. The smallest absolute Gasteiger partial charge is 0.307 e. The molecular weight excluding hydrogens is 302 g/mol. The number of nitrogens with zero attached hydrogens (tertiary/aromatic N) is 1. The lowest BCUT2D eigenvalue weighted by Gasteiger charge is -2.31. The van der Waals surface area contributed by atoms with E-state index in [2.05, 4.69) is 0 Å². The molecule has 0 radical (unpaired) electrons. The molecular formula is C20H23NO3. The molecule has 1 unspecified atom stereocenters. The van der Waals surface area contributed by atoms with Crippen molar-refractivity contribution in [3.63, 3.8) is 0 Å². The Morgan fingerprint density at radius 2 is 1.58 bits per heavy atom. The maximum atomic E-state index is 13.0. The molecule has 0 saturated carbocycles. The Kier molecular flexibility index (Phi) is 6.55. The maximum absolute atomic E-state index is 13.0. The molecule has 4 heteroatoms. The van der Waals surface area contributed by atoms with Crippen LogP contribution in [0.1, 0.15) is 35.7 Å². The van der Waals surface area contributed by atoms with E-state index in [0.717, 1.165) is 5.56 Å². The summed E-state index contributed by atoms with van der Waals surface area (Å²) in [5.41, 5.74) is 1.65. The van der Waals surface area contributed by atoms with Gasteiger partial charge in [0, 0.05) is 18.2 Å². The Balaban J connectivity index is 2.29. The first kappa shape index (κ1) is 17.7. The zero-order valence-corrected chi connectivity index (χ0v) is 14.1. The lowest BCUT2D eigenvalue weighted by atomic mass is 10.1. The van der Waals surface area contributed by atoms with Gasteiger partial charge in [-0.2, -0.15) is 0 Å². The van der Waals surface area contributed by atoms with E-state index in [-0.39, 0.29) is 24.3 Å². The highest BCUT2D eigenvalue weighted by atomic mass is 16.5. The van der Waals surface area contributed by atoms with Gasteiger partial charge in [-0.05, 0) is 24.1 Å². The van der Waals surface area contributed by atoms with Crippen molar-refractivity contribution in [3.05, 3.63) is 71.8 Å². The summed E-state index contributed by atoms with van der Waals surface area (Å²) in [5.74, 6) is -0.379. The number of benzene rings is 2. The van der Waals surface area contributed by atoms with Gasteiger partial charge in [-0.3, -0.25) is 9.59 Å².